The van der Waals surface area contributed by atoms with E-state index in [0.29, 0.717) is 13.2 Å². The van der Waals surface area contributed by atoms with Gasteiger partial charge in [-0.2, -0.15) is 5.10 Å². The number of aromatic nitrogens is 2. The van der Waals surface area contributed by atoms with Crippen LogP contribution in [-0.2, 0) is 23.1 Å². The average molecular weight is 303 g/mol. The molecule has 5 heteroatoms. The lowest BCUT2D eigenvalue weighted by Crippen LogP contribution is -2.24. The minimum atomic E-state index is 0.275. The summed E-state index contributed by atoms with van der Waals surface area (Å²) in [7, 11) is 1.94. The van der Waals surface area contributed by atoms with Crippen LogP contribution >= 0.6 is 15.9 Å². The van der Waals surface area contributed by atoms with E-state index < -0.39 is 0 Å². The van der Waals surface area contributed by atoms with Gasteiger partial charge < -0.3 is 9.47 Å². The van der Waals surface area contributed by atoms with E-state index >= 15 is 0 Å². The summed E-state index contributed by atoms with van der Waals surface area (Å²) < 4.78 is 14.2. The molecule has 2 rings (SSSR count). The van der Waals surface area contributed by atoms with Gasteiger partial charge in [-0.1, -0.05) is 0 Å². The van der Waals surface area contributed by atoms with Crippen LogP contribution in [0.4, 0.5) is 0 Å². The van der Waals surface area contributed by atoms with E-state index in [9.17, 15) is 0 Å². The van der Waals surface area contributed by atoms with Crippen LogP contribution in [0.25, 0.3) is 0 Å². The van der Waals surface area contributed by atoms with Gasteiger partial charge in [0, 0.05) is 13.7 Å². The van der Waals surface area contributed by atoms with E-state index in [4.69, 9.17) is 9.47 Å². The lowest BCUT2D eigenvalue weighted by Gasteiger charge is -2.22. The Hall–Kier alpha value is -0.390. The van der Waals surface area contributed by atoms with Crippen molar-refractivity contribution in [2.75, 3.05) is 13.2 Å². The summed E-state index contributed by atoms with van der Waals surface area (Å²) in [6.45, 7) is 4.12. The SMILES string of the molecule is Cc1nn(C)c(COCC2CCCCO2)c1Br. The van der Waals surface area contributed by atoms with Gasteiger partial charge in [-0.25, -0.2) is 0 Å². The van der Waals surface area contributed by atoms with Crippen molar-refractivity contribution >= 4 is 15.9 Å². The van der Waals surface area contributed by atoms with E-state index in [1.54, 1.807) is 0 Å². The largest absolute Gasteiger partial charge is 0.376 e. The highest BCUT2D eigenvalue weighted by atomic mass is 79.9. The zero-order valence-electron chi connectivity index (χ0n) is 10.4. The summed E-state index contributed by atoms with van der Waals surface area (Å²) in [5.74, 6) is 0. The first kappa shape index (κ1) is 13.1. The summed E-state index contributed by atoms with van der Waals surface area (Å²) in [6, 6.07) is 0. The third-order valence-corrected chi connectivity index (χ3v) is 4.11. The van der Waals surface area contributed by atoms with Gasteiger partial charge in [0.05, 0.1) is 35.2 Å². The first-order chi connectivity index (χ1) is 8.18. The van der Waals surface area contributed by atoms with E-state index in [2.05, 4.69) is 21.0 Å². The molecular formula is C12H19BrN2O2. The van der Waals surface area contributed by atoms with Crippen LogP contribution in [0.1, 0.15) is 30.7 Å². The van der Waals surface area contributed by atoms with Crippen molar-refractivity contribution in [3.8, 4) is 0 Å². The number of hydrogen-bond acceptors (Lipinski definition) is 3. The third-order valence-electron chi connectivity index (χ3n) is 3.08. The zero-order chi connectivity index (χ0) is 12.3. The topological polar surface area (TPSA) is 36.3 Å². The van der Waals surface area contributed by atoms with Gasteiger partial charge in [0.25, 0.3) is 0 Å². The Bertz CT molecular complexity index is 373. The van der Waals surface area contributed by atoms with Crippen LogP contribution in [0.3, 0.4) is 0 Å². The maximum absolute atomic E-state index is 5.72. The maximum Gasteiger partial charge on any atom is 0.0897 e. The number of halogens is 1. The normalized spacial score (nSPS) is 20.8. The van der Waals surface area contributed by atoms with Crippen molar-refractivity contribution in [2.24, 2.45) is 7.05 Å². The van der Waals surface area contributed by atoms with Crippen LogP contribution in [0.2, 0.25) is 0 Å². The molecule has 4 nitrogen and oxygen atoms in total. The molecule has 0 aromatic carbocycles. The van der Waals surface area contributed by atoms with Crippen molar-refractivity contribution < 1.29 is 9.47 Å². The van der Waals surface area contributed by atoms with E-state index in [-0.39, 0.29) is 6.10 Å². The molecule has 0 spiro atoms. The first-order valence-corrected chi connectivity index (χ1v) is 6.85. The summed E-state index contributed by atoms with van der Waals surface area (Å²) in [4.78, 5) is 0. The van der Waals surface area contributed by atoms with Crippen LogP contribution < -0.4 is 0 Å². The quantitative estimate of drug-likeness (QED) is 0.858. The lowest BCUT2D eigenvalue weighted by molar-refractivity contribution is -0.0457. The van der Waals surface area contributed by atoms with Gasteiger partial charge in [0.2, 0.25) is 0 Å². The molecule has 2 heterocycles. The fraction of sp³-hybridized carbons (Fsp3) is 0.750. The molecule has 1 aromatic heterocycles. The molecule has 96 valence electrons. The predicted molar refractivity (Wildman–Crippen MR) is 68.9 cm³/mol. The van der Waals surface area contributed by atoms with Gasteiger partial charge in [0.1, 0.15) is 0 Å². The zero-order valence-corrected chi connectivity index (χ0v) is 12.0. The molecular weight excluding hydrogens is 284 g/mol. The molecule has 0 radical (unpaired) electrons. The Labute approximate surface area is 110 Å². The molecule has 1 aromatic rings. The van der Waals surface area contributed by atoms with Crippen molar-refractivity contribution in [1.82, 2.24) is 9.78 Å². The molecule has 1 atom stereocenters. The Kier molecular flexibility index (Phi) is 4.59. The Morgan fingerprint density at radius 3 is 2.94 bits per heavy atom. The van der Waals surface area contributed by atoms with Crippen molar-refractivity contribution in [1.29, 1.82) is 0 Å². The van der Waals surface area contributed by atoms with Gasteiger partial charge in [-0.3, -0.25) is 4.68 Å². The molecule has 0 N–H and O–H groups in total. The maximum atomic E-state index is 5.72. The number of nitrogens with zero attached hydrogens (tertiary/aromatic N) is 2. The second-order valence-corrected chi connectivity index (χ2v) is 5.27. The summed E-state index contributed by atoms with van der Waals surface area (Å²) >= 11 is 3.53. The summed E-state index contributed by atoms with van der Waals surface area (Å²) in [5.41, 5.74) is 2.08. The molecule has 0 aliphatic carbocycles. The minimum absolute atomic E-state index is 0.275. The molecule has 0 saturated carbocycles. The molecule has 0 bridgehead atoms. The number of ether oxygens (including phenoxy) is 2. The predicted octanol–water partition coefficient (Wildman–Crippen LogP) is 2.58. The Balaban J connectivity index is 1.81. The Morgan fingerprint density at radius 2 is 2.35 bits per heavy atom. The number of aryl methyl sites for hydroxylation is 2. The second-order valence-electron chi connectivity index (χ2n) is 4.47. The molecule has 1 aliphatic heterocycles. The molecule has 1 aliphatic rings. The van der Waals surface area contributed by atoms with Gasteiger partial charge in [-0.15, -0.1) is 0 Å². The minimum Gasteiger partial charge on any atom is -0.376 e. The van der Waals surface area contributed by atoms with Crippen molar-refractivity contribution in [3.05, 3.63) is 15.9 Å². The van der Waals surface area contributed by atoms with Crippen LogP contribution in [0, 0.1) is 6.92 Å². The lowest BCUT2D eigenvalue weighted by atomic mass is 10.1. The van der Waals surface area contributed by atoms with Gasteiger partial charge >= 0.3 is 0 Å². The van der Waals surface area contributed by atoms with Gasteiger partial charge in [0.15, 0.2) is 0 Å². The standard InChI is InChI=1S/C12H19BrN2O2/c1-9-12(13)11(15(2)14-9)8-16-7-10-5-3-4-6-17-10/h10H,3-8H2,1-2H3. The van der Waals surface area contributed by atoms with E-state index in [1.165, 1.54) is 12.8 Å². The second kappa shape index (κ2) is 5.98. The fourth-order valence-electron chi connectivity index (χ4n) is 2.06. The third kappa shape index (κ3) is 3.30. The van der Waals surface area contributed by atoms with E-state index in [0.717, 1.165) is 28.9 Å². The molecule has 1 saturated heterocycles. The van der Waals surface area contributed by atoms with Crippen LogP contribution in [0.5, 0.6) is 0 Å². The number of rotatable bonds is 4. The van der Waals surface area contributed by atoms with E-state index in [1.807, 2.05) is 18.7 Å². The van der Waals surface area contributed by atoms with Crippen LogP contribution in [-0.4, -0.2) is 29.1 Å². The van der Waals surface area contributed by atoms with Crippen molar-refractivity contribution in [2.45, 2.75) is 38.9 Å². The highest BCUT2D eigenvalue weighted by Crippen LogP contribution is 2.21. The van der Waals surface area contributed by atoms with Gasteiger partial charge in [-0.05, 0) is 42.1 Å². The average Bonchev–Trinajstić information content (AvgIpc) is 2.57. The fourth-order valence-corrected chi connectivity index (χ4v) is 2.51. The van der Waals surface area contributed by atoms with Crippen LogP contribution in [0.15, 0.2) is 4.47 Å². The smallest absolute Gasteiger partial charge is 0.0897 e. The summed E-state index contributed by atoms with van der Waals surface area (Å²) in [5, 5.41) is 4.33. The molecule has 1 fully saturated rings. The molecule has 0 amide bonds. The highest BCUT2D eigenvalue weighted by Gasteiger charge is 2.15. The monoisotopic (exact) mass is 302 g/mol. The first-order valence-electron chi connectivity index (χ1n) is 6.06. The van der Waals surface area contributed by atoms with Crippen molar-refractivity contribution in [3.63, 3.8) is 0 Å². The molecule has 17 heavy (non-hydrogen) atoms. The highest BCUT2D eigenvalue weighted by molar-refractivity contribution is 9.10. The number of hydrogen-bond donors (Lipinski definition) is 0. The Morgan fingerprint density at radius 1 is 1.53 bits per heavy atom. The summed E-state index contributed by atoms with van der Waals surface area (Å²) in [6.07, 6.45) is 3.83. The molecule has 1 unspecified atom stereocenters.